The van der Waals surface area contributed by atoms with E-state index in [0.29, 0.717) is 12.4 Å². The monoisotopic (exact) mass is 432 g/mol. The molecule has 0 saturated heterocycles. The van der Waals surface area contributed by atoms with Gasteiger partial charge in [-0.1, -0.05) is 48.5 Å². The second-order valence-electron chi connectivity index (χ2n) is 7.82. The van der Waals surface area contributed by atoms with Gasteiger partial charge in [-0.2, -0.15) is 0 Å². The minimum absolute atomic E-state index is 0.564. The van der Waals surface area contributed by atoms with Gasteiger partial charge in [-0.15, -0.1) is 5.10 Å². The van der Waals surface area contributed by atoms with Crippen molar-refractivity contribution >= 4 is 21.8 Å². The van der Waals surface area contributed by atoms with Crippen LogP contribution < -0.4 is 4.74 Å². The minimum Gasteiger partial charge on any atom is -0.497 e. The van der Waals surface area contributed by atoms with Gasteiger partial charge >= 0.3 is 0 Å². The van der Waals surface area contributed by atoms with E-state index in [4.69, 9.17) is 9.72 Å². The standard InChI is InChI=1S/C26H20N6O/c1-33-19-13-11-18(12-14-19)24-25-21(20-9-5-6-10-22(20)27-25)15-23(28-24)26-29-30-31-32(26)16-17-7-3-2-4-8-17/h2-15,27H,16H2,1H3. The zero-order chi connectivity index (χ0) is 22.2. The summed E-state index contributed by atoms with van der Waals surface area (Å²) in [5.74, 6) is 1.43. The van der Waals surface area contributed by atoms with Crippen LogP contribution in [0.5, 0.6) is 5.75 Å². The third-order valence-corrected chi connectivity index (χ3v) is 5.80. The van der Waals surface area contributed by atoms with Gasteiger partial charge in [-0.25, -0.2) is 9.67 Å². The molecule has 0 aliphatic rings. The predicted octanol–water partition coefficient (Wildman–Crippen LogP) is 5.09. The molecule has 7 heteroatoms. The summed E-state index contributed by atoms with van der Waals surface area (Å²) in [6.45, 7) is 0.564. The number of methoxy groups -OCH3 is 1. The summed E-state index contributed by atoms with van der Waals surface area (Å²) in [5.41, 5.74) is 5.71. The maximum Gasteiger partial charge on any atom is 0.201 e. The largest absolute Gasteiger partial charge is 0.497 e. The van der Waals surface area contributed by atoms with Crippen LogP contribution in [0, 0.1) is 0 Å². The molecule has 0 radical (unpaired) electrons. The molecule has 0 bridgehead atoms. The number of aromatic nitrogens is 6. The molecule has 0 aliphatic carbocycles. The molecule has 0 spiro atoms. The number of H-pyrrole nitrogens is 1. The molecule has 0 amide bonds. The van der Waals surface area contributed by atoms with E-state index in [2.05, 4.69) is 50.8 Å². The van der Waals surface area contributed by atoms with Crippen LogP contribution in [-0.4, -0.2) is 37.3 Å². The average Bonchev–Trinajstić information content (AvgIpc) is 3.48. The second-order valence-corrected chi connectivity index (χ2v) is 7.82. The van der Waals surface area contributed by atoms with Crippen molar-refractivity contribution in [1.29, 1.82) is 0 Å². The number of hydrogen-bond acceptors (Lipinski definition) is 5. The van der Waals surface area contributed by atoms with Crippen LogP contribution in [0.15, 0.2) is 84.9 Å². The van der Waals surface area contributed by atoms with Crippen molar-refractivity contribution in [3.05, 3.63) is 90.5 Å². The topological polar surface area (TPSA) is 81.5 Å². The van der Waals surface area contributed by atoms with Crippen molar-refractivity contribution in [2.24, 2.45) is 0 Å². The number of nitrogens with zero attached hydrogens (tertiary/aromatic N) is 5. The molecule has 3 heterocycles. The molecule has 33 heavy (non-hydrogen) atoms. The summed E-state index contributed by atoms with van der Waals surface area (Å²) in [4.78, 5) is 8.58. The van der Waals surface area contributed by atoms with Crippen molar-refractivity contribution in [2.45, 2.75) is 6.54 Å². The quantitative estimate of drug-likeness (QED) is 0.410. The number of rotatable bonds is 5. The van der Waals surface area contributed by atoms with E-state index in [1.807, 2.05) is 54.6 Å². The molecular weight excluding hydrogens is 412 g/mol. The van der Waals surface area contributed by atoms with Gasteiger partial charge in [0.2, 0.25) is 5.82 Å². The van der Waals surface area contributed by atoms with Crippen LogP contribution in [0.2, 0.25) is 0 Å². The summed E-state index contributed by atoms with van der Waals surface area (Å²) in [6.07, 6.45) is 0. The zero-order valence-corrected chi connectivity index (χ0v) is 17.9. The van der Waals surface area contributed by atoms with Crippen molar-refractivity contribution < 1.29 is 4.74 Å². The lowest BCUT2D eigenvalue weighted by Gasteiger charge is -2.09. The Morgan fingerprint density at radius 1 is 0.879 bits per heavy atom. The third-order valence-electron chi connectivity index (χ3n) is 5.80. The van der Waals surface area contributed by atoms with Crippen molar-refractivity contribution in [3.63, 3.8) is 0 Å². The van der Waals surface area contributed by atoms with E-state index in [0.717, 1.165) is 50.1 Å². The highest BCUT2D eigenvalue weighted by molar-refractivity contribution is 6.12. The number of pyridine rings is 1. The van der Waals surface area contributed by atoms with Gasteiger partial charge in [-0.05, 0) is 52.4 Å². The highest BCUT2D eigenvalue weighted by Crippen LogP contribution is 2.35. The maximum atomic E-state index is 5.34. The number of para-hydroxylation sites is 1. The summed E-state index contributed by atoms with van der Waals surface area (Å²) >= 11 is 0. The van der Waals surface area contributed by atoms with Crippen LogP contribution in [0.4, 0.5) is 0 Å². The molecule has 1 N–H and O–H groups in total. The third kappa shape index (κ3) is 3.40. The number of nitrogens with one attached hydrogen (secondary N) is 1. The van der Waals surface area contributed by atoms with Crippen LogP contribution in [0.1, 0.15) is 5.56 Å². The Morgan fingerprint density at radius 3 is 2.48 bits per heavy atom. The van der Waals surface area contributed by atoms with Gasteiger partial charge < -0.3 is 9.72 Å². The van der Waals surface area contributed by atoms with Gasteiger partial charge in [-0.3, -0.25) is 0 Å². The van der Waals surface area contributed by atoms with Gasteiger partial charge in [0.25, 0.3) is 0 Å². The molecule has 0 fully saturated rings. The van der Waals surface area contributed by atoms with Gasteiger partial charge in [0.15, 0.2) is 0 Å². The molecule has 7 nitrogen and oxygen atoms in total. The van der Waals surface area contributed by atoms with Gasteiger partial charge in [0, 0.05) is 21.9 Å². The Hall–Kier alpha value is -4.52. The molecule has 0 aliphatic heterocycles. The number of benzene rings is 3. The Labute approximate surface area is 189 Å². The molecule has 6 rings (SSSR count). The van der Waals surface area contributed by atoms with Crippen molar-refractivity contribution in [3.8, 4) is 28.5 Å². The molecule has 6 aromatic rings. The lowest BCUT2D eigenvalue weighted by atomic mass is 10.1. The van der Waals surface area contributed by atoms with E-state index < -0.39 is 0 Å². The average molecular weight is 432 g/mol. The predicted molar refractivity (Wildman–Crippen MR) is 128 cm³/mol. The molecule has 0 unspecified atom stereocenters. The minimum atomic E-state index is 0.564. The summed E-state index contributed by atoms with van der Waals surface area (Å²) in [5, 5.41) is 14.7. The second kappa shape index (κ2) is 7.87. The molecule has 3 aromatic carbocycles. The van der Waals surface area contributed by atoms with E-state index in [1.165, 1.54) is 0 Å². The summed E-state index contributed by atoms with van der Waals surface area (Å²) in [6, 6.07) is 28.4. The number of hydrogen-bond donors (Lipinski definition) is 1. The Balaban J connectivity index is 1.56. The molecule has 3 aromatic heterocycles. The van der Waals surface area contributed by atoms with Crippen LogP contribution in [0.3, 0.4) is 0 Å². The molecular formula is C26H20N6O. The summed E-state index contributed by atoms with van der Waals surface area (Å²) in [7, 11) is 1.66. The molecule has 0 atom stereocenters. The SMILES string of the molecule is COc1ccc(-c2nc(-c3nnnn3Cc3ccccc3)cc3c2[nH]c2ccccc23)cc1. The van der Waals surface area contributed by atoms with Crippen LogP contribution >= 0.6 is 0 Å². The first-order valence-electron chi connectivity index (χ1n) is 10.7. The van der Waals surface area contributed by atoms with Crippen molar-refractivity contribution in [1.82, 2.24) is 30.2 Å². The lowest BCUT2D eigenvalue weighted by Crippen LogP contribution is -2.05. The van der Waals surface area contributed by atoms with Crippen LogP contribution in [0.25, 0.3) is 44.6 Å². The highest BCUT2D eigenvalue weighted by Gasteiger charge is 2.18. The smallest absolute Gasteiger partial charge is 0.201 e. The number of ether oxygens (including phenoxy) is 1. The Bertz CT molecular complexity index is 1570. The van der Waals surface area contributed by atoms with E-state index in [9.17, 15) is 0 Å². The first-order chi connectivity index (χ1) is 16.3. The fourth-order valence-electron chi connectivity index (χ4n) is 4.17. The highest BCUT2D eigenvalue weighted by atomic mass is 16.5. The number of fused-ring (bicyclic) bond motifs is 3. The Morgan fingerprint density at radius 2 is 1.67 bits per heavy atom. The van der Waals surface area contributed by atoms with Crippen LogP contribution in [-0.2, 0) is 6.54 Å². The first kappa shape index (κ1) is 19.2. The van der Waals surface area contributed by atoms with E-state index in [1.54, 1.807) is 11.8 Å². The maximum absolute atomic E-state index is 5.34. The number of aromatic amines is 1. The lowest BCUT2D eigenvalue weighted by molar-refractivity contribution is 0.415. The molecule has 0 saturated carbocycles. The Kier molecular flexibility index (Phi) is 4.58. The van der Waals surface area contributed by atoms with E-state index in [-0.39, 0.29) is 0 Å². The number of tetrazole rings is 1. The van der Waals surface area contributed by atoms with Gasteiger partial charge in [0.1, 0.15) is 11.4 Å². The van der Waals surface area contributed by atoms with Crippen molar-refractivity contribution in [2.75, 3.05) is 7.11 Å². The van der Waals surface area contributed by atoms with E-state index >= 15 is 0 Å². The normalized spacial score (nSPS) is 11.3. The fourth-order valence-corrected chi connectivity index (χ4v) is 4.17. The zero-order valence-electron chi connectivity index (χ0n) is 17.9. The molecule has 160 valence electrons. The van der Waals surface area contributed by atoms with Gasteiger partial charge in [0.05, 0.1) is 24.9 Å². The fraction of sp³-hybridized carbons (Fsp3) is 0.0769. The summed E-state index contributed by atoms with van der Waals surface area (Å²) < 4.78 is 7.13. The first-order valence-corrected chi connectivity index (χ1v) is 10.7.